The Balaban J connectivity index is 2.25. The molecule has 7 nitrogen and oxygen atoms in total. The molecule has 0 saturated carbocycles. The van der Waals surface area contributed by atoms with Crippen molar-refractivity contribution in [3.63, 3.8) is 0 Å². The van der Waals surface area contributed by atoms with Crippen molar-refractivity contribution in [2.45, 2.75) is 26.7 Å². The van der Waals surface area contributed by atoms with Gasteiger partial charge in [0.2, 0.25) is 5.91 Å². The maximum absolute atomic E-state index is 11.8. The van der Waals surface area contributed by atoms with Gasteiger partial charge in [-0.25, -0.2) is 9.50 Å². The first-order chi connectivity index (χ1) is 9.52. The van der Waals surface area contributed by atoms with E-state index in [4.69, 9.17) is 5.11 Å². The van der Waals surface area contributed by atoms with Gasteiger partial charge in [-0.2, -0.15) is 0 Å². The van der Waals surface area contributed by atoms with E-state index in [9.17, 15) is 9.59 Å². The zero-order chi connectivity index (χ0) is 14.7. The Kier molecular flexibility index (Phi) is 4.19. The third-order valence-corrected chi connectivity index (χ3v) is 3.20. The molecule has 0 aliphatic carbocycles. The highest BCUT2D eigenvalue weighted by Crippen LogP contribution is 2.13. The van der Waals surface area contributed by atoms with Crippen LogP contribution in [0.15, 0.2) is 10.9 Å². The fourth-order valence-corrected chi connectivity index (χ4v) is 2.14. The van der Waals surface area contributed by atoms with Gasteiger partial charge in [-0.05, 0) is 20.3 Å². The molecule has 108 valence electrons. The van der Waals surface area contributed by atoms with Crippen molar-refractivity contribution in [3.8, 4) is 0 Å². The lowest BCUT2D eigenvalue weighted by molar-refractivity contribution is -0.120. The second-order valence-corrected chi connectivity index (χ2v) is 4.68. The summed E-state index contributed by atoms with van der Waals surface area (Å²) >= 11 is 0. The molecule has 1 amide bonds. The summed E-state index contributed by atoms with van der Waals surface area (Å²) in [5, 5.41) is 14.1. The van der Waals surface area contributed by atoms with Gasteiger partial charge in [0.1, 0.15) is 0 Å². The van der Waals surface area contributed by atoms with Gasteiger partial charge >= 0.3 is 0 Å². The van der Waals surface area contributed by atoms with Crippen molar-refractivity contribution in [3.05, 3.63) is 33.4 Å². The van der Waals surface area contributed by atoms with E-state index in [-0.39, 0.29) is 24.5 Å². The van der Waals surface area contributed by atoms with Gasteiger partial charge in [0.05, 0.1) is 6.42 Å². The van der Waals surface area contributed by atoms with Crippen LogP contribution in [0, 0.1) is 13.8 Å². The number of carbonyl (C=O) groups excluding carboxylic acids is 1. The number of nitrogens with zero attached hydrogens (tertiary/aromatic N) is 2. The lowest BCUT2D eigenvalue weighted by Crippen LogP contribution is -2.27. The Bertz CT molecular complexity index is 687. The molecule has 0 fully saturated rings. The number of aryl methyl sites for hydroxylation is 2. The third-order valence-electron chi connectivity index (χ3n) is 3.20. The number of hydrogen-bond donors (Lipinski definition) is 3. The Morgan fingerprint density at radius 2 is 2.25 bits per heavy atom. The first kappa shape index (κ1) is 14.3. The van der Waals surface area contributed by atoms with Crippen molar-refractivity contribution in [1.29, 1.82) is 0 Å². The Hall–Kier alpha value is -2.15. The summed E-state index contributed by atoms with van der Waals surface area (Å²) in [5.41, 5.74) is 2.66. The van der Waals surface area contributed by atoms with Crippen LogP contribution >= 0.6 is 0 Å². The van der Waals surface area contributed by atoms with Crippen LogP contribution in [0.5, 0.6) is 0 Å². The molecule has 20 heavy (non-hydrogen) atoms. The molecule has 0 saturated heterocycles. The van der Waals surface area contributed by atoms with Crippen LogP contribution in [0.3, 0.4) is 0 Å². The summed E-state index contributed by atoms with van der Waals surface area (Å²) in [7, 11) is 0. The smallest absolute Gasteiger partial charge is 0.266 e. The molecule has 2 rings (SSSR count). The van der Waals surface area contributed by atoms with E-state index in [0.717, 1.165) is 17.0 Å². The normalized spacial score (nSPS) is 10.9. The number of amides is 1. The first-order valence-corrected chi connectivity index (χ1v) is 6.48. The summed E-state index contributed by atoms with van der Waals surface area (Å²) in [6.45, 7) is 4.16. The SMILES string of the molecule is Cc1nc2cc(=O)[nH]n2c(C)c1CC(=O)NCCCO. The van der Waals surface area contributed by atoms with Crippen LogP contribution < -0.4 is 10.9 Å². The molecule has 2 heterocycles. The average molecular weight is 278 g/mol. The van der Waals surface area contributed by atoms with E-state index >= 15 is 0 Å². The standard InChI is InChI=1S/C13H18N4O3/c1-8-10(6-12(19)14-4-3-5-18)9(2)17-11(15-8)7-13(20)16-17/h7,18H,3-6H2,1-2H3,(H,14,19)(H,16,20). The monoisotopic (exact) mass is 278 g/mol. The highest BCUT2D eigenvalue weighted by molar-refractivity contribution is 5.79. The molecule has 0 radical (unpaired) electrons. The summed E-state index contributed by atoms with van der Waals surface area (Å²) in [4.78, 5) is 27.5. The Morgan fingerprint density at radius 3 is 2.95 bits per heavy atom. The second-order valence-electron chi connectivity index (χ2n) is 4.68. The molecular formula is C13H18N4O3. The number of hydrogen-bond acceptors (Lipinski definition) is 4. The minimum Gasteiger partial charge on any atom is -0.396 e. The molecule has 0 unspecified atom stereocenters. The number of carbonyl (C=O) groups is 1. The topological polar surface area (TPSA) is 99.5 Å². The predicted molar refractivity (Wildman–Crippen MR) is 73.7 cm³/mol. The van der Waals surface area contributed by atoms with Crippen LogP contribution in [0.25, 0.3) is 5.65 Å². The number of fused-ring (bicyclic) bond motifs is 1. The van der Waals surface area contributed by atoms with Crippen molar-refractivity contribution >= 4 is 11.6 Å². The maximum Gasteiger partial charge on any atom is 0.266 e. The van der Waals surface area contributed by atoms with Gasteiger partial charge in [-0.15, -0.1) is 0 Å². The molecule has 2 aromatic heterocycles. The predicted octanol–water partition coefficient (Wildman–Crippen LogP) is -0.319. The molecule has 0 aliphatic rings. The maximum atomic E-state index is 11.8. The van der Waals surface area contributed by atoms with Gasteiger partial charge < -0.3 is 10.4 Å². The molecule has 2 aromatic rings. The van der Waals surface area contributed by atoms with Crippen LogP contribution in [-0.4, -0.2) is 38.8 Å². The van der Waals surface area contributed by atoms with Crippen molar-refractivity contribution in [2.75, 3.05) is 13.2 Å². The van der Waals surface area contributed by atoms with Crippen molar-refractivity contribution in [1.82, 2.24) is 19.9 Å². The van der Waals surface area contributed by atoms with Gasteiger partial charge in [-0.1, -0.05) is 0 Å². The summed E-state index contributed by atoms with van der Waals surface area (Å²) in [6.07, 6.45) is 0.734. The van der Waals surface area contributed by atoms with E-state index in [1.165, 1.54) is 6.07 Å². The lowest BCUT2D eigenvalue weighted by atomic mass is 10.1. The number of aliphatic hydroxyl groups is 1. The largest absolute Gasteiger partial charge is 0.396 e. The average Bonchev–Trinajstić information content (AvgIpc) is 2.75. The first-order valence-electron chi connectivity index (χ1n) is 6.48. The van der Waals surface area contributed by atoms with Crippen LogP contribution in [0.1, 0.15) is 23.4 Å². The molecule has 0 spiro atoms. The van der Waals surface area contributed by atoms with Crippen LogP contribution in [0.2, 0.25) is 0 Å². The number of aromatic nitrogens is 3. The minimum atomic E-state index is -0.218. The zero-order valence-corrected chi connectivity index (χ0v) is 11.6. The fraction of sp³-hybridized carbons (Fsp3) is 0.462. The number of H-pyrrole nitrogens is 1. The van der Waals surface area contributed by atoms with Gasteiger partial charge in [0.25, 0.3) is 5.56 Å². The molecule has 0 atom stereocenters. The minimum absolute atomic E-state index is 0.0520. The van der Waals surface area contributed by atoms with Crippen molar-refractivity contribution < 1.29 is 9.90 Å². The number of nitrogens with one attached hydrogen (secondary N) is 2. The number of aromatic amines is 1. The van der Waals surface area contributed by atoms with E-state index in [0.29, 0.717) is 18.6 Å². The summed E-state index contributed by atoms with van der Waals surface area (Å²) in [6, 6.07) is 1.42. The van der Waals surface area contributed by atoms with E-state index in [1.54, 1.807) is 4.52 Å². The van der Waals surface area contributed by atoms with Crippen molar-refractivity contribution in [2.24, 2.45) is 0 Å². The van der Waals surface area contributed by atoms with E-state index < -0.39 is 0 Å². The highest BCUT2D eigenvalue weighted by Gasteiger charge is 2.13. The second kappa shape index (κ2) is 5.87. The molecule has 7 heteroatoms. The Morgan fingerprint density at radius 1 is 1.50 bits per heavy atom. The molecule has 0 bridgehead atoms. The quantitative estimate of drug-likeness (QED) is 0.653. The third kappa shape index (κ3) is 2.88. The molecule has 0 aliphatic heterocycles. The number of rotatable bonds is 5. The fourth-order valence-electron chi connectivity index (χ4n) is 2.14. The van der Waals surface area contributed by atoms with Crippen LogP contribution in [0.4, 0.5) is 0 Å². The van der Waals surface area contributed by atoms with E-state index in [1.807, 2.05) is 13.8 Å². The van der Waals surface area contributed by atoms with Crippen LogP contribution in [-0.2, 0) is 11.2 Å². The number of aliphatic hydroxyl groups excluding tert-OH is 1. The van der Waals surface area contributed by atoms with Gasteiger partial charge in [0, 0.05) is 36.2 Å². The zero-order valence-electron chi connectivity index (χ0n) is 11.6. The summed E-state index contributed by atoms with van der Waals surface area (Å²) < 4.78 is 1.59. The molecule has 3 N–H and O–H groups in total. The van der Waals surface area contributed by atoms with Gasteiger partial charge in [0.15, 0.2) is 5.65 Å². The van der Waals surface area contributed by atoms with E-state index in [2.05, 4.69) is 15.4 Å². The molecular weight excluding hydrogens is 260 g/mol. The Labute approximate surface area is 115 Å². The molecule has 0 aromatic carbocycles. The lowest BCUT2D eigenvalue weighted by Gasteiger charge is -2.11. The van der Waals surface area contributed by atoms with Gasteiger partial charge in [-0.3, -0.25) is 14.7 Å². The summed E-state index contributed by atoms with van der Waals surface area (Å²) in [5.74, 6) is -0.125. The highest BCUT2D eigenvalue weighted by atomic mass is 16.3.